The summed E-state index contributed by atoms with van der Waals surface area (Å²) < 4.78 is 0. The lowest BCUT2D eigenvalue weighted by molar-refractivity contribution is -0.141. The number of tetrazole rings is 1. The molecule has 0 radical (unpaired) electrons. The zero-order valence-electron chi connectivity index (χ0n) is 8.47. The van der Waals surface area contributed by atoms with Crippen molar-refractivity contribution < 1.29 is 19.8 Å². The Morgan fingerprint density at radius 2 is 2.25 bits per heavy atom. The van der Waals surface area contributed by atoms with Gasteiger partial charge in [-0.05, 0) is 12.1 Å². The van der Waals surface area contributed by atoms with Crippen molar-refractivity contribution >= 4 is 11.9 Å². The van der Waals surface area contributed by atoms with E-state index in [-0.39, 0.29) is 12.4 Å². The minimum absolute atomic E-state index is 0.175. The van der Waals surface area contributed by atoms with Crippen molar-refractivity contribution in [1.29, 1.82) is 0 Å². The van der Waals surface area contributed by atoms with Gasteiger partial charge in [-0.1, -0.05) is 0 Å². The highest BCUT2D eigenvalue weighted by Gasteiger charge is 2.25. The topological polar surface area (TPSA) is 141 Å². The quantitative estimate of drug-likeness (QED) is 0.464. The Morgan fingerprint density at radius 3 is 2.75 bits per heavy atom. The predicted octanol–water partition coefficient (Wildman–Crippen LogP) is -1.84. The van der Waals surface area contributed by atoms with Crippen molar-refractivity contribution in [1.82, 2.24) is 25.9 Å². The van der Waals surface area contributed by atoms with Crippen LogP contribution in [-0.2, 0) is 4.79 Å². The van der Waals surface area contributed by atoms with Crippen molar-refractivity contribution in [2.75, 3.05) is 6.54 Å². The lowest BCUT2D eigenvalue weighted by Gasteiger charge is -2.20. The summed E-state index contributed by atoms with van der Waals surface area (Å²) >= 11 is 0. The second kappa shape index (κ2) is 4.66. The summed E-state index contributed by atoms with van der Waals surface area (Å²) in [6.07, 6.45) is -0.473. The minimum atomic E-state index is -1.52. The number of nitrogens with one attached hydrogen (secondary N) is 2. The maximum atomic E-state index is 11.3. The molecule has 1 heterocycles. The summed E-state index contributed by atoms with van der Waals surface area (Å²) in [7, 11) is 0. The molecule has 0 saturated carbocycles. The van der Waals surface area contributed by atoms with Crippen LogP contribution in [0.5, 0.6) is 0 Å². The highest BCUT2D eigenvalue weighted by Crippen LogP contribution is 2.07. The molecule has 0 bridgehead atoms. The Bertz CT molecular complexity index is 374. The van der Waals surface area contributed by atoms with Gasteiger partial charge in [-0.2, -0.15) is 5.21 Å². The van der Waals surface area contributed by atoms with Crippen LogP contribution < -0.4 is 5.32 Å². The average molecular weight is 229 g/mol. The van der Waals surface area contributed by atoms with Crippen LogP contribution in [-0.4, -0.2) is 54.9 Å². The number of amides is 1. The van der Waals surface area contributed by atoms with Crippen molar-refractivity contribution in [3.8, 4) is 0 Å². The summed E-state index contributed by atoms with van der Waals surface area (Å²) in [6, 6.07) is 0. The Hall–Kier alpha value is -2.03. The third-order valence-corrected chi connectivity index (χ3v) is 1.71. The summed E-state index contributed by atoms with van der Waals surface area (Å²) in [5.74, 6) is -1.97. The molecule has 1 aromatic heterocycles. The number of aliphatic carboxylic acids is 1. The molecule has 1 rings (SSSR count). The van der Waals surface area contributed by atoms with E-state index >= 15 is 0 Å². The first-order valence-corrected chi connectivity index (χ1v) is 4.36. The number of carbonyl (C=O) groups is 2. The molecule has 0 spiro atoms. The maximum absolute atomic E-state index is 11.3. The van der Waals surface area contributed by atoms with E-state index in [0.717, 1.165) is 0 Å². The monoisotopic (exact) mass is 229 g/mol. The molecule has 0 saturated heterocycles. The van der Waals surface area contributed by atoms with Crippen LogP contribution in [0.2, 0.25) is 0 Å². The van der Waals surface area contributed by atoms with Gasteiger partial charge in [-0.25, -0.2) is 0 Å². The molecule has 16 heavy (non-hydrogen) atoms. The van der Waals surface area contributed by atoms with E-state index in [1.165, 1.54) is 6.92 Å². The van der Waals surface area contributed by atoms with Crippen molar-refractivity contribution in [3.05, 3.63) is 5.82 Å². The van der Waals surface area contributed by atoms with Crippen LogP contribution in [0.4, 0.5) is 0 Å². The van der Waals surface area contributed by atoms with Crippen LogP contribution in [0.15, 0.2) is 0 Å². The number of rotatable bonds is 5. The van der Waals surface area contributed by atoms with E-state index in [9.17, 15) is 14.7 Å². The zero-order chi connectivity index (χ0) is 12.2. The van der Waals surface area contributed by atoms with E-state index in [2.05, 4.69) is 25.9 Å². The lowest BCUT2D eigenvalue weighted by Crippen LogP contribution is -2.42. The van der Waals surface area contributed by atoms with E-state index < -0.39 is 23.9 Å². The first kappa shape index (κ1) is 12.0. The molecule has 9 heteroatoms. The Balaban J connectivity index is 2.45. The van der Waals surface area contributed by atoms with Gasteiger partial charge < -0.3 is 15.5 Å². The third-order valence-electron chi connectivity index (χ3n) is 1.71. The number of aliphatic hydroxyl groups is 1. The molecule has 0 aliphatic rings. The third kappa shape index (κ3) is 3.61. The largest absolute Gasteiger partial charge is 0.481 e. The number of carboxylic acids is 1. The van der Waals surface area contributed by atoms with Crippen LogP contribution in [0.1, 0.15) is 24.0 Å². The van der Waals surface area contributed by atoms with Crippen molar-refractivity contribution in [2.24, 2.45) is 0 Å². The molecule has 0 aromatic carbocycles. The summed E-state index contributed by atoms with van der Waals surface area (Å²) in [4.78, 5) is 21.7. The fourth-order valence-electron chi connectivity index (χ4n) is 0.996. The maximum Gasteiger partial charge on any atom is 0.306 e. The van der Waals surface area contributed by atoms with Gasteiger partial charge in [-0.3, -0.25) is 9.59 Å². The fraction of sp³-hybridized carbons (Fsp3) is 0.571. The first-order valence-electron chi connectivity index (χ1n) is 4.36. The van der Waals surface area contributed by atoms with E-state index in [1.54, 1.807) is 0 Å². The Morgan fingerprint density at radius 1 is 1.56 bits per heavy atom. The minimum Gasteiger partial charge on any atom is -0.481 e. The van der Waals surface area contributed by atoms with Gasteiger partial charge in [0.15, 0.2) is 0 Å². The number of aromatic amines is 1. The molecule has 4 N–H and O–H groups in total. The molecule has 9 nitrogen and oxygen atoms in total. The number of H-pyrrole nitrogens is 1. The van der Waals surface area contributed by atoms with E-state index in [1.807, 2.05) is 0 Å². The lowest BCUT2D eigenvalue weighted by atomic mass is 10.0. The standard InChI is InChI=1S/C7H11N5O4/c1-7(16,2-4(13)14)3-8-6(15)5-9-11-12-10-5/h16H,2-3H2,1H3,(H,8,15)(H,13,14)(H,9,10,11,12). The van der Waals surface area contributed by atoms with Gasteiger partial charge in [0, 0.05) is 6.54 Å². The molecule has 1 atom stereocenters. The van der Waals surface area contributed by atoms with E-state index in [0.29, 0.717) is 0 Å². The highest BCUT2D eigenvalue weighted by molar-refractivity contribution is 5.90. The van der Waals surface area contributed by atoms with Gasteiger partial charge in [0.25, 0.3) is 11.7 Å². The fourth-order valence-corrected chi connectivity index (χ4v) is 0.996. The van der Waals surface area contributed by atoms with Gasteiger partial charge in [0.1, 0.15) is 0 Å². The molecular formula is C7H11N5O4. The van der Waals surface area contributed by atoms with Crippen molar-refractivity contribution in [3.63, 3.8) is 0 Å². The number of carboxylic acid groups (broad SMARTS) is 1. The van der Waals surface area contributed by atoms with Gasteiger partial charge in [0.05, 0.1) is 12.0 Å². The Labute approximate surface area is 89.9 Å². The van der Waals surface area contributed by atoms with Crippen LogP contribution in [0.25, 0.3) is 0 Å². The number of hydrogen-bond donors (Lipinski definition) is 4. The molecular weight excluding hydrogens is 218 g/mol. The molecule has 0 aliphatic carbocycles. The number of hydrogen-bond acceptors (Lipinski definition) is 6. The highest BCUT2D eigenvalue weighted by atomic mass is 16.4. The number of carbonyl (C=O) groups excluding carboxylic acids is 1. The average Bonchev–Trinajstić information content (AvgIpc) is 2.64. The molecule has 0 fully saturated rings. The van der Waals surface area contributed by atoms with Gasteiger partial charge >= 0.3 is 5.97 Å². The molecule has 1 amide bonds. The van der Waals surface area contributed by atoms with Gasteiger partial charge in [0.2, 0.25) is 0 Å². The number of aromatic nitrogens is 4. The molecule has 1 aromatic rings. The number of nitrogens with zero attached hydrogens (tertiary/aromatic N) is 3. The van der Waals surface area contributed by atoms with Crippen molar-refractivity contribution in [2.45, 2.75) is 18.9 Å². The van der Waals surface area contributed by atoms with E-state index in [4.69, 9.17) is 5.11 Å². The van der Waals surface area contributed by atoms with Crippen LogP contribution >= 0.6 is 0 Å². The first-order chi connectivity index (χ1) is 7.41. The van der Waals surface area contributed by atoms with Crippen LogP contribution in [0, 0.1) is 0 Å². The summed E-state index contributed by atoms with van der Waals surface area (Å²) in [6.45, 7) is 1.09. The van der Waals surface area contributed by atoms with Gasteiger partial charge in [-0.15, -0.1) is 10.2 Å². The predicted molar refractivity (Wildman–Crippen MR) is 49.4 cm³/mol. The van der Waals surface area contributed by atoms with Crippen LogP contribution in [0.3, 0.4) is 0 Å². The summed E-state index contributed by atoms with van der Waals surface area (Å²) in [5, 5.41) is 32.5. The zero-order valence-corrected chi connectivity index (χ0v) is 8.47. The molecule has 88 valence electrons. The Kier molecular flexibility index (Phi) is 3.51. The normalized spacial score (nSPS) is 14.1. The molecule has 0 aliphatic heterocycles. The second-order valence-electron chi connectivity index (χ2n) is 3.49. The second-order valence-corrected chi connectivity index (χ2v) is 3.49. The smallest absolute Gasteiger partial charge is 0.306 e. The summed E-state index contributed by atoms with van der Waals surface area (Å²) in [5.41, 5.74) is -1.52. The SMILES string of the molecule is CC(O)(CNC(=O)c1nn[nH]n1)CC(=O)O. The molecule has 1 unspecified atom stereocenters.